The molecule has 5 heteroatoms. The molecular formula is C10H18N4S. The third-order valence-corrected chi connectivity index (χ3v) is 3.62. The molecule has 1 saturated heterocycles. The summed E-state index contributed by atoms with van der Waals surface area (Å²) < 4.78 is 0. The Bertz CT molecular complexity index is 304. The number of anilines is 1. The quantitative estimate of drug-likeness (QED) is 0.818. The molecule has 2 rings (SSSR count). The zero-order valence-corrected chi connectivity index (χ0v) is 10.2. The van der Waals surface area contributed by atoms with Crippen molar-refractivity contribution in [3.05, 3.63) is 11.1 Å². The molecule has 2 heterocycles. The maximum absolute atomic E-state index is 4.61. The zero-order chi connectivity index (χ0) is 10.7. The van der Waals surface area contributed by atoms with Crippen molar-refractivity contribution in [1.82, 2.24) is 15.2 Å². The van der Waals surface area contributed by atoms with Gasteiger partial charge in [-0.1, -0.05) is 0 Å². The Morgan fingerprint density at radius 1 is 1.40 bits per heavy atom. The molecule has 84 valence electrons. The van der Waals surface area contributed by atoms with Gasteiger partial charge in [0.2, 0.25) is 0 Å². The van der Waals surface area contributed by atoms with Crippen LogP contribution in [0, 0.1) is 0 Å². The number of likely N-dealkylation sites (N-methyl/N-ethyl adjacent to an activating group) is 1. The predicted octanol–water partition coefficient (Wildman–Crippen LogP) is 0.614. The van der Waals surface area contributed by atoms with Crippen LogP contribution in [0.2, 0.25) is 0 Å². The van der Waals surface area contributed by atoms with Crippen molar-refractivity contribution in [2.45, 2.75) is 6.54 Å². The minimum atomic E-state index is 0.865. The van der Waals surface area contributed by atoms with Gasteiger partial charge in [0, 0.05) is 38.1 Å². The van der Waals surface area contributed by atoms with Crippen molar-refractivity contribution in [2.24, 2.45) is 0 Å². The van der Waals surface area contributed by atoms with Crippen molar-refractivity contribution >= 4 is 16.5 Å². The Morgan fingerprint density at radius 3 is 2.80 bits per heavy atom. The van der Waals surface area contributed by atoms with E-state index >= 15 is 0 Å². The Kier molecular flexibility index (Phi) is 3.56. The highest BCUT2D eigenvalue weighted by atomic mass is 32.1. The van der Waals surface area contributed by atoms with E-state index in [-0.39, 0.29) is 0 Å². The number of piperazine rings is 1. The zero-order valence-electron chi connectivity index (χ0n) is 9.36. The second-order valence-corrected chi connectivity index (χ2v) is 4.78. The topological polar surface area (TPSA) is 31.4 Å². The number of hydrogen-bond acceptors (Lipinski definition) is 5. The summed E-state index contributed by atoms with van der Waals surface area (Å²) in [4.78, 5) is 9.35. The Hall–Kier alpha value is -0.650. The van der Waals surface area contributed by atoms with Crippen molar-refractivity contribution in [2.75, 3.05) is 45.2 Å². The first-order valence-corrected chi connectivity index (χ1v) is 6.20. The molecule has 0 amide bonds. The fraction of sp³-hybridized carbons (Fsp3) is 0.700. The molecule has 0 aromatic carbocycles. The Labute approximate surface area is 94.9 Å². The lowest BCUT2D eigenvalue weighted by Crippen LogP contribution is -2.44. The van der Waals surface area contributed by atoms with Gasteiger partial charge in [0.25, 0.3) is 0 Å². The van der Waals surface area contributed by atoms with Gasteiger partial charge < -0.3 is 15.1 Å². The molecular weight excluding hydrogens is 208 g/mol. The Morgan fingerprint density at radius 2 is 2.13 bits per heavy atom. The molecule has 0 saturated carbocycles. The summed E-state index contributed by atoms with van der Waals surface area (Å²) >= 11 is 1.75. The van der Waals surface area contributed by atoms with Gasteiger partial charge in [-0.15, -0.1) is 11.3 Å². The predicted molar refractivity (Wildman–Crippen MR) is 64.6 cm³/mol. The maximum Gasteiger partial charge on any atom is 0.185 e. The van der Waals surface area contributed by atoms with E-state index < -0.39 is 0 Å². The summed E-state index contributed by atoms with van der Waals surface area (Å²) in [7, 11) is 4.13. The summed E-state index contributed by atoms with van der Waals surface area (Å²) in [6, 6.07) is 0. The van der Waals surface area contributed by atoms with Gasteiger partial charge in [-0.25, -0.2) is 4.98 Å². The van der Waals surface area contributed by atoms with Crippen LogP contribution < -0.4 is 10.2 Å². The molecule has 0 aliphatic carbocycles. The second-order valence-electron chi connectivity index (χ2n) is 3.94. The van der Waals surface area contributed by atoms with E-state index in [4.69, 9.17) is 0 Å². The van der Waals surface area contributed by atoms with Crippen molar-refractivity contribution < 1.29 is 0 Å². The summed E-state index contributed by atoms with van der Waals surface area (Å²) in [5.74, 6) is 0. The molecule has 1 aromatic rings. The van der Waals surface area contributed by atoms with E-state index in [9.17, 15) is 0 Å². The van der Waals surface area contributed by atoms with E-state index in [1.807, 2.05) is 7.05 Å². The second kappa shape index (κ2) is 4.92. The van der Waals surface area contributed by atoms with Crippen LogP contribution in [0.15, 0.2) is 5.38 Å². The van der Waals surface area contributed by atoms with Crippen LogP contribution in [0.3, 0.4) is 0 Å². The molecule has 1 aliphatic rings. The lowest BCUT2D eigenvalue weighted by molar-refractivity contribution is 0.312. The number of nitrogens with one attached hydrogen (secondary N) is 1. The van der Waals surface area contributed by atoms with Gasteiger partial charge in [0.1, 0.15) is 0 Å². The van der Waals surface area contributed by atoms with Gasteiger partial charge in [0.15, 0.2) is 5.13 Å². The lowest BCUT2D eigenvalue weighted by Gasteiger charge is -2.32. The van der Waals surface area contributed by atoms with Crippen LogP contribution in [-0.4, -0.2) is 50.2 Å². The normalized spacial score (nSPS) is 18.4. The lowest BCUT2D eigenvalue weighted by atomic mass is 10.3. The average molecular weight is 226 g/mol. The van der Waals surface area contributed by atoms with Gasteiger partial charge in [-0.3, -0.25) is 0 Å². The van der Waals surface area contributed by atoms with Gasteiger partial charge in [-0.2, -0.15) is 0 Å². The molecule has 0 radical (unpaired) electrons. The molecule has 0 atom stereocenters. The first-order chi connectivity index (χ1) is 7.29. The van der Waals surface area contributed by atoms with Crippen LogP contribution in [-0.2, 0) is 6.54 Å². The summed E-state index contributed by atoms with van der Waals surface area (Å²) in [5, 5.41) is 6.44. The van der Waals surface area contributed by atoms with Crippen LogP contribution in [0.5, 0.6) is 0 Å². The average Bonchev–Trinajstić information content (AvgIpc) is 2.68. The van der Waals surface area contributed by atoms with E-state index in [1.165, 1.54) is 5.13 Å². The van der Waals surface area contributed by atoms with Crippen LogP contribution in [0.25, 0.3) is 0 Å². The molecule has 4 nitrogen and oxygen atoms in total. The van der Waals surface area contributed by atoms with Gasteiger partial charge >= 0.3 is 0 Å². The van der Waals surface area contributed by atoms with Crippen molar-refractivity contribution in [3.8, 4) is 0 Å². The highest BCUT2D eigenvalue weighted by molar-refractivity contribution is 7.13. The fourth-order valence-electron chi connectivity index (χ4n) is 1.70. The number of nitrogens with zero attached hydrogens (tertiary/aromatic N) is 3. The van der Waals surface area contributed by atoms with Crippen molar-refractivity contribution in [1.29, 1.82) is 0 Å². The highest BCUT2D eigenvalue weighted by Crippen LogP contribution is 2.21. The number of rotatable bonds is 3. The fourth-order valence-corrected chi connectivity index (χ4v) is 2.58. The largest absolute Gasteiger partial charge is 0.346 e. The maximum atomic E-state index is 4.61. The highest BCUT2D eigenvalue weighted by Gasteiger charge is 2.16. The van der Waals surface area contributed by atoms with Crippen LogP contribution in [0.1, 0.15) is 5.69 Å². The third kappa shape index (κ3) is 2.68. The third-order valence-electron chi connectivity index (χ3n) is 2.67. The number of thiazole rings is 1. The van der Waals surface area contributed by atoms with Crippen LogP contribution in [0.4, 0.5) is 5.13 Å². The Balaban J connectivity index is 1.96. The standard InChI is InChI=1S/C10H18N4S/c1-11-7-9-8-15-10(12-9)14-5-3-13(2)4-6-14/h8,11H,3-7H2,1-2H3. The smallest absolute Gasteiger partial charge is 0.185 e. The molecule has 1 aliphatic heterocycles. The summed E-state index contributed by atoms with van der Waals surface area (Å²) in [6.07, 6.45) is 0. The molecule has 0 unspecified atom stereocenters. The number of hydrogen-bond donors (Lipinski definition) is 1. The monoisotopic (exact) mass is 226 g/mol. The molecule has 1 aromatic heterocycles. The first-order valence-electron chi connectivity index (χ1n) is 5.32. The molecule has 0 spiro atoms. The first kappa shape index (κ1) is 10.9. The molecule has 0 bridgehead atoms. The van der Waals surface area contributed by atoms with Gasteiger partial charge in [-0.05, 0) is 14.1 Å². The van der Waals surface area contributed by atoms with E-state index in [0.717, 1.165) is 38.4 Å². The minimum absolute atomic E-state index is 0.865. The van der Waals surface area contributed by atoms with Gasteiger partial charge in [0.05, 0.1) is 5.69 Å². The molecule has 15 heavy (non-hydrogen) atoms. The minimum Gasteiger partial charge on any atom is -0.346 e. The molecule has 1 N–H and O–H groups in total. The van der Waals surface area contributed by atoms with E-state index in [2.05, 4.69) is 32.5 Å². The van der Waals surface area contributed by atoms with E-state index in [1.54, 1.807) is 11.3 Å². The molecule has 1 fully saturated rings. The van der Waals surface area contributed by atoms with E-state index in [0.29, 0.717) is 0 Å². The van der Waals surface area contributed by atoms with Crippen molar-refractivity contribution in [3.63, 3.8) is 0 Å². The number of aromatic nitrogens is 1. The summed E-state index contributed by atoms with van der Waals surface area (Å²) in [5.41, 5.74) is 1.15. The summed E-state index contributed by atoms with van der Waals surface area (Å²) in [6.45, 7) is 5.35. The van der Waals surface area contributed by atoms with Crippen LogP contribution >= 0.6 is 11.3 Å². The SMILES string of the molecule is CNCc1csc(N2CCN(C)CC2)n1.